The lowest BCUT2D eigenvalue weighted by molar-refractivity contribution is 0.0568. The van der Waals surface area contributed by atoms with Gasteiger partial charge in [0.15, 0.2) is 11.5 Å². The molecule has 1 aromatic heterocycles. The van der Waals surface area contributed by atoms with Gasteiger partial charge in [-0.1, -0.05) is 28.9 Å². The number of benzene rings is 2. The maximum atomic E-state index is 12.8. The Hall–Kier alpha value is -3.06. The number of aromatic nitrogens is 2. The first-order chi connectivity index (χ1) is 14.6. The van der Waals surface area contributed by atoms with Crippen LogP contribution in [0.2, 0.25) is 5.02 Å². The summed E-state index contributed by atoms with van der Waals surface area (Å²) >= 11 is 6.03. The van der Waals surface area contributed by atoms with Crippen LogP contribution in [0.3, 0.4) is 0 Å². The number of likely N-dealkylation sites (tertiary alicyclic amines) is 1. The minimum Gasteiger partial charge on any atom is -0.490 e. The molecule has 2 aromatic carbocycles. The fourth-order valence-electron chi connectivity index (χ4n) is 3.31. The third-order valence-corrected chi connectivity index (χ3v) is 5.07. The van der Waals surface area contributed by atoms with Crippen LogP contribution in [-0.4, -0.2) is 47.3 Å². The fraction of sp³-hybridized carbons (Fsp3) is 0.318. The second-order valence-corrected chi connectivity index (χ2v) is 7.34. The number of carbonyl (C=O) groups is 1. The number of hydrogen-bond acceptors (Lipinski definition) is 6. The Kier molecular flexibility index (Phi) is 5.90. The van der Waals surface area contributed by atoms with E-state index in [9.17, 15) is 4.79 Å². The summed E-state index contributed by atoms with van der Waals surface area (Å²) in [7, 11) is 0. The van der Waals surface area contributed by atoms with Crippen molar-refractivity contribution in [3.8, 4) is 22.9 Å². The van der Waals surface area contributed by atoms with Crippen LogP contribution < -0.4 is 9.47 Å². The second-order valence-electron chi connectivity index (χ2n) is 6.90. The molecule has 0 atom stereocenters. The maximum Gasteiger partial charge on any atom is 0.254 e. The summed E-state index contributed by atoms with van der Waals surface area (Å²) < 4.78 is 16.6. The molecule has 0 spiro atoms. The Morgan fingerprint density at radius 2 is 1.90 bits per heavy atom. The molecule has 0 N–H and O–H groups in total. The van der Waals surface area contributed by atoms with Crippen molar-refractivity contribution in [3.63, 3.8) is 0 Å². The molecule has 0 aliphatic carbocycles. The van der Waals surface area contributed by atoms with E-state index in [-0.39, 0.29) is 11.8 Å². The molecule has 8 heteroatoms. The Bertz CT molecular complexity index is 1050. The van der Waals surface area contributed by atoms with Crippen LogP contribution >= 0.6 is 11.6 Å². The first-order valence-electron chi connectivity index (χ1n) is 9.87. The molecule has 0 bridgehead atoms. The van der Waals surface area contributed by atoms with Gasteiger partial charge in [-0.25, -0.2) is 0 Å². The maximum absolute atomic E-state index is 12.8. The standard InChI is InChI=1S/C22H22ClN3O4/c1-3-28-18-9-8-15(11-19(18)29-4-2)22(27)26-12-16(13-26)21-24-20(25-30-21)14-6-5-7-17(23)10-14/h5-11,16H,3-4,12-13H2,1-2H3. The topological polar surface area (TPSA) is 77.7 Å². The minimum atomic E-state index is -0.0650. The molecule has 4 rings (SSSR count). The van der Waals surface area contributed by atoms with Crippen molar-refractivity contribution in [3.05, 3.63) is 58.9 Å². The van der Waals surface area contributed by atoms with Crippen molar-refractivity contribution in [1.29, 1.82) is 0 Å². The van der Waals surface area contributed by atoms with Gasteiger partial charge in [0.1, 0.15) is 0 Å². The van der Waals surface area contributed by atoms with Crippen LogP contribution in [-0.2, 0) is 0 Å². The van der Waals surface area contributed by atoms with Gasteiger partial charge in [0.25, 0.3) is 5.91 Å². The molecule has 0 unspecified atom stereocenters. The average molecular weight is 428 g/mol. The largest absolute Gasteiger partial charge is 0.490 e. The number of rotatable bonds is 7. The van der Waals surface area contributed by atoms with Gasteiger partial charge in [0.05, 0.1) is 19.1 Å². The summed E-state index contributed by atoms with van der Waals surface area (Å²) in [5.74, 6) is 2.18. The number of carbonyl (C=O) groups excluding carboxylic acids is 1. The van der Waals surface area contributed by atoms with Crippen LogP contribution in [0, 0.1) is 0 Å². The van der Waals surface area contributed by atoms with Crippen molar-refractivity contribution >= 4 is 17.5 Å². The molecule has 7 nitrogen and oxygen atoms in total. The molecular weight excluding hydrogens is 406 g/mol. The van der Waals surface area contributed by atoms with Crippen LogP contribution in [0.25, 0.3) is 11.4 Å². The van der Waals surface area contributed by atoms with Crippen LogP contribution in [0.1, 0.15) is 36.0 Å². The number of halogens is 1. The fourth-order valence-corrected chi connectivity index (χ4v) is 3.50. The molecule has 0 saturated carbocycles. The van der Waals surface area contributed by atoms with E-state index in [1.165, 1.54) is 0 Å². The Morgan fingerprint density at radius 1 is 1.13 bits per heavy atom. The Labute approximate surface area is 179 Å². The summed E-state index contributed by atoms with van der Waals surface area (Å²) in [6, 6.07) is 12.5. The smallest absolute Gasteiger partial charge is 0.254 e. The van der Waals surface area contributed by atoms with Gasteiger partial charge < -0.3 is 18.9 Å². The predicted molar refractivity (Wildman–Crippen MR) is 112 cm³/mol. The highest BCUT2D eigenvalue weighted by atomic mass is 35.5. The molecule has 1 fully saturated rings. The Balaban J connectivity index is 1.42. The summed E-state index contributed by atoms with van der Waals surface area (Å²) in [5.41, 5.74) is 1.35. The molecule has 1 saturated heterocycles. The highest BCUT2D eigenvalue weighted by Gasteiger charge is 2.36. The average Bonchev–Trinajstić information content (AvgIpc) is 3.18. The van der Waals surface area contributed by atoms with Crippen molar-refractivity contribution in [2.75, 3.05) is 26.3 Å². The molecule has 2 heterocycles. The molecule has 1 aliphatic heterocycles. The van der Waals surface area contributed by atoms with Crippen LogP contribution in [0.15, 0.2) is 47.0 Å². The van der Waals surface area contributed by atoms with Gasteiger partial charge in [-0.2, -0.15) is 4.98 Å². The SMILES string of the molecule is CCOc1ccc(C(=O)N2CC(c3nc(-c4cccc(Cl)c4)no3)C2)cc1OCC. The molecular formula is C22H22ClN3O4. The van der Waals surface area contributed by atoms with Crippen molar-refractivity contribution in [1.82, 2.24) is 15.0 Å². The minimum absolute atomic E-state index is 0.0171. The van der Waals surface area contributed by atoms with Crippen LogP contribution in [0.4, 0.5) is 0 Å². The van der Waals surface area contributed by atoms with E-state index in [0.29, 0.717) is 60.1 Å². The zero-order valence-corrected chi connectivity index (χ0v) is 17.6. The molecule has 0 radical (unpaired) electrons. The third-order valence-electron chi connectivity index (χ3n) is 4.83. The van der Waals surface area contributed by atoms with E-state index in [1.54, 1.807) is 35.2 Å². The molecule has 3 aromatic rings. The highest BCUT2D eigenvalue weighted by molar-refractivity contribution is 6.30. The second kappa shape index (κ2) is 8.75. The van der Waals surface area contributed by atoms with Crippen molar-refractivity contribution < 1.29 is 18.8 Å². The summed E-state index contributed by atoms with van der Waals surface area (Å²) in [6.45, 7) is 5.87. The van der Waals surface area contributed by atoms with E-state index < -0.39 is 0 Å². The van der Waals surface area contributed by atoms with Crippen molar-refractivity contribution in [2.45, 2.75) is 19.8 Å². The van der Waals surface area contributed by atoms with Gasteiger partial charge >= 0.3 is 0 Å². The predicted octanol–water partition coefficient (Wildman–Crippen LogP) is 4.43. The highest BCUT2D eigenvalue weighted by Crippen LogP contribution is 2.32. The third kappa shape index (κ3) is 4.11. The first kappa shape index (κ1) is 20.2. The van der Waals surface area contributed by atoms with Crippen LogP contribution in [0.5, 0.6) is 11.5 Å². The normalized spacial score (nSPS) is 13.8. The lowest BCUT2D eigenvalue weighted by Gasteiger charge is -2.37. The van der Waals surface area contributed by atoms with E-state index in [2.05, 4.69) is 10.1 Å². The monoisotopic (exact) mass is 427 g/mol. The molecule has 1 aliphatic rings. The summed E-state index contributed by atoms with van der Waals surface area (Å²) in [6.07, 6.45) is 0. The van der Waals surface area contributed by atoms with E-state index in [0.717, 1.165) is 5.56 Å². The first-order valence-corrected chi connectivity index (χ1v) is 10.2. The summed E-state index contributed by atoms with van der Waals surface area (Å²) in [4.78, 5) is 19.1. The molecule has 30 heavy (non-hydrogen) atoms. The number of nitrogens with zero attached hydrogens (tertiary/aromatic N) is 3. The zero-order valence-electron chi connectivity index (χ0n) is 16.8. The van der Waals surface area contributed by atoms with Gasteiger partial charge in [-0.3, -0.25) is 4.79 Å². The number of ether oxygens (including phenoxy) is 2. The summed E-state index contributed by atoms with van der Waals surface area (Å²) in [5, 5.41) is 4.65. The number of amides is 1. The van der Waals surface area contributed by atoms with E-state index in [4.69, 9.17) is 25.6 Å². The van der Waals surface area contributed by atoms with Gasteiger partial charge in [0.2, 0.25) is 11.7 Å². The number of hydrogen-bond donors (Lipinski definition) is 0. The van der Waals surface area contributed by atoms with Gasteiger partial charge in [-0.15, -0.1) is 0 Å². The van der Waals surface area contributed by atoms with Gasteiger partial charge in [0, 0.05) is 29.2 Å². The van der Waals surface area contributed by atoms with E-state index in [1.807, 2.05) is 26.0 Å². The Morgan fingerprint density at radius 3 is 2.63 bits per heavy atom. The van der Waals surface area contributed by atoms with Gasteiger partial charge in [-0.05, 0) is 44.2 Å². The zero-order chi connectivity index (χ0) is 21.1. The quantitative estimate of drug-likeness (QED) is 0.555. The van der Waals surface area contributed by atoms with E-state index >= 15 is 0 Å². The molecule has 156 valence electrons. The lowest BCUT2D eigenvalue weighted by Crippen LogP contribution is -2.48. The molecule has 1 amide bonds. The lowest BCUT2D eigenvalue weighted by atomic mass is 9.98. The van der Waals surface area contributed by atoms with Crippen molar-refractivity contribution in [2.24, 2.45) is 0 Å².